The van der Waals surface area contributed by atoms with Crippen LogP contribution in [-0.2, 0) is 0 Å². The Bertz CT molecular complexity index is 535. The Morgan fingerprint density at radius 2 is 1.75 bits per heavy atom. The van der Waals surface area contributed by atoms with Crippen LogP contribution in [0.2, 0.25) is 0 Å². The molecule has 0 fully saturated rings. The molecule has 0 saturated heterocycles. The molecule has 0 bridgehead atoms. The van der Waals surface area contributed by atoms with Crippen molar-refractivity contribution in [2.75, 3.05) is 0 Å². The lowest BCUT2D eigenvalue weighted by molar-refractivity contribution is 0.112. The maximum atomic E-state index is 10.7. The number of pyridine rings is 2. The zero-order valence-corrected chi connectivity index (χ0v) is 9.27. The molecule has 3 nitrogen and oxygen atoms in total. The van der Waals surface area contributed by atoms with Gasteiger partial charge in [-0.3, -0.25) is 14.8 Å². The van der Waals surface area contributed by atoms with E-state index in [1.807, 2.05) is 38.1 Å². The molecule has 0 amide bonds. The molecule has 0 aliphatic carbocycles. The highest BCUT2D eigenvalue weighted by molar-refractivity contribution is 5.77. The predicted molar refractivity (Wildman–Crippen MR) is 62.3 cm³/mol. The Balaban J connectivity index is 2.49. The van der Waals surface area contributed by atoms with Crippen LogP contribution in [0, 0.1) is 13.8 Å². The molecule has 16 heavy (non-hydrogen) atoms. The number of rotatable bonds is 2. The summed E-state index contributed by atoms with van der Waals surface area (Å²) in [6.07, 6.45) is 0.815. The first-order chi connectivity index (χ1) is 7.70. The van der Waals surface area contributed by atoms with Crippen molar-refractivity contribution >= 4 is 6.29 Å². The van der Waals surface area contributed by atoms with Gasteiger partial charge in [0.25, 0.3) is 0 Å². The summed E-state index contributed by atoms with van der Waals surface area (Å²) in [5.41, 5.74) is 3.94. The van der Waals surface area contributed by atoms with Gasteiger partial charge >= 0.3 is 0 Å². The van der Waals surface area contributed by atoms with Gasteiger partial charge in [-0.25, -0.2) is 0 Å². The molecule has 0 aliphatic heterocycles. The van der Waals surface area contributed by atoms with Gasteiger partial charge in [0.15, 0.2) is 6.29 Å². The van der Waals surface area contributed by atoms with Gasteiger partial charge in [0, 0.05) is 17.0 Å². The van der Waals surface area contributed by atoms with Crippen molar-refractivity contribution < 1.29 is 4.79 Å². The van der Waals surface area contributed by atoms with Crippen LogP contribution in [0.3, 0.4) is 0 Å². The third kappa shape index (κ3) is 1.98. The number of aldehydes is 1. The summed E-state index contributed by atoms with van der Waals surface area (Å²) in [5.74, 6) is 0. The van der Waals surface area contributed by atoms with Crippen molar-refractivity contribution in [3.8, 4) is 11.4 Å². The second-order valence-corrected chi connectivity index (χ2v) is 3.65. The van der Waals surface area contributed by atoms with E-state index in [1.54, 1.807) is 6.07 Å². The molecule has 80 valence electrons. The van der Waals surface area contributed by atoms with Crippen LogP contribution in [0.1, 0.15) is 21.7 Å². The smallest absolute Gasteiger partial charge is 0.151 e. The first-order valence-corrected chi connectivity index (χ1v) is 5.07. The quantitative estimate of drug-likeness (QED) is 0.718. The van der Waals surface area contributed by atoms with Crippen molar-refractivity contribution in [2.45, 2.75) is 13.8 Å². The van der Waals surface area contributed by atoms with Crippen LogP contribution in [0.25, 0.3) is 11.4 Å². The lowest BCUT2D eigenvalue weighted by Crippen LogP contribution is -1.95. The van der Waals surface area contributed by atoms with Crippen LogP contribution < -0.4 is 0 Å². The lowest BCUT2D eigenvalue weighted by Gasteiger charge is -2.03. The molecule has 3 heteroatoms. The van der Waals surface area contributed by atoms with Crippen molar-refractivity contribution in [2.24, 2.45) is 0 Å². The van der Waals surface area contributed by atoms with Gasteiger partial charge in [-0.05, 0) is 38.1 Å². The average Bonchev–Trinajstić information content (AvgIpc) is 2.29. The van der Waals surface area contributed by atoms with Crippen molar-refractivity contribution in [1.29, 1.82) is 0 Å². The summed E-state index contributed by atoms with van der Waals surface area (Å²) in [7, 11) is 0. The van der Waals surface area contributed by atoms with E-state index < -0.39 is 0 Å². The monoisotopic (exact) mass is 212 g/mol. The summed E-state index contributed by atoms with van der Waals surface area (Å²) >= 11 is 0. The summed E-state index contributed by atoms with van der Waals surface area (Å²) in [4.78, 5) is 19.4. The second-order valence-electron chi connectivity index (χ2n) is 3.65. The van der Waals surface area contributed by atoms with Gasteiger partial charge in [-0.1, -0.05) is 6.07 Å². The normalized spacial score (nSPS) is 10.1. The minimum absolute atomic E-state index is 0.622. The summed E-state index contributed by atoms with van der Waals surface area (Å²) < 4.78 is 0. The molecule has 0 atom stereocenters. The fraction of sp³-hybridized carbons (Fsp3) is 0.154. The Morgan fingerprint density at radius 3 is 2.38 bits per heavy atom. The highest BCUT2D eigenvalue weighted by atomic mass is 16.1. The third-order valence-electron chi connectivity index (χ3n) is 2.40. The molecule has 0 radical (unpaired) electrons. The van der Waals surface area contributed by atoms with Crippen LogP contribution >= 0.6 is 0 Å². The molecule has 0 saturated carbocycles. The Labute approximate surface area is 94.2 Å². The van der Waals surface area contributed by atoms with Crippen molar-refractivity contribution in [1.82, 2.24) is 9.97 Å². The molecule has 0 aliphatic rings. The minimum Gasteiger partial charge on any atom is -0.298 e. The molecule has 0 unspecified atom stereocenters. The number of hydrogen-bond donors (Lipinski definition) is 0. The number of aryl methyl sites for hydroxylation is 2. The number of nitrogens with zero attached hydrogens (tertiary/aromatic N) is 2. The second kappa shape index (κ2) is 4.23. The van der Waals surface area contributed by atoms with Gasteiger partial charge < -0.3 is 0 Å². The van der Waals surface area contributed by atoms with E-state index in [4.69, 9.17) is 0 Å². The summed E-state index contributed by atoms with van der Waals surface area (Å²) in [6.45, 7) is 3.76. The predicted octanol–water partition coefficient (Wildman–Crippen LogP) is 2.57. The maximum absolute atomic E-state index is 10.7. The largest absolute Gasteiger partial charge is 0.298 e. The van der Waals surface area contributed by atoms with E-state index in [1.165, 1.54) is 0 Å². The maximum Gasteiger partial charge on any atom is 0.151 e. The van der Waals surface area contributed by atoms with Crippen molar-refractivity contribution in [3.63, 3.8) is 0 Å². The Kier molecular flexibility index (Phi) is 2.77. The standard InChI is InChI=1S/C13H12N2O/c1-9-4-3-5-12(14-9)13-7-6-11(8-16)10(2)15-13/h3-8H,1-2H3. The van der Waals surface area contributed by atoms with E-state index in [-0.39, 0.29) is 0 Å². The van der Waals surface area contributed by atoms with Crippen LogP contribution in [0.15, 0.2) is 30.3 Å². The van der Waals surface area contributed by atoms with E-state index >= 15 is 0 Å². The SMILES string of the molecule is Cc1cccc(-c2ccc(C=O)c(C)n2)n1. The highest BCUT2D eigenvalue weighted by Gasteiger charge is 2.04. The molecule has 0 aromatic carbocycles. The van der Waals surface area contributed by atoms with E-state index in [0.717, 1.165) is 29.1 Å². The molecule has 0 N–H and O–H groups in total. The fourth-order valence-electron chi connectivity index (χ4n) is 1.52. The van der Waals surface area contributed by atoms with Crippen LogP contribution in [-0.4, -0.2) is 16.3 Å². The summed E-state index contributed by atoms with van der Waals surface area (Å²) in [6, 6.07) is 9.39. The topological polar surface area (TPSA) is 42.9 Å². The number of aromatic nitrogens is 2. The average molecular weight is 212 g/mol. The Morgan fingerprint density at radius 1 is 1.00 bits per heavy atom. The molecular weight excluding hydrogens is 200 g/mol. The number of hydrogen-bond acceptors (Lipinski definition) is 3. The zero-order valence-electron chi connectivity index (χ0n) is 9.27. The highest BCUT2D eigenvalue weighted by Crippen LogP contribution is 2.16. The summed E-state index contributed by atoms with van der Waals surface area (Å²) in [5, 5.41) is 0. The molecule has 0 spiro atoms. The van der Waals surface area contributed by atoms with Crippen LogP contribution in [0.4, 0.5) is 0 Å². The third-order valence-corrected chi connectivity index (χ3v) is 2.40. The van der Waals surface area contributed by atoms with Gasteiger partial charge in [0.05, 0.1) is 11.4 Å². The Hall–Kier alpha value is -2.03. The molecule has 2 rings (SSSR count). The van der Waals surface area contributed by atoms with E-state index in [0.29, 0.717) is 5.56 Å². The molecule has 2 aromatic heterocycles. The molecular formula is C13H12N2O. The lowest BCUT2D eigenvalue weighted by atomic mass is 10.1. The van der Waals surface area contributed by atoms with Gasteiger partial charge in [0.1, 0.15) is 0 Å². The van der Waals surface area contributed by atoms with Gasteiger partial charge in [-0.2, -0.15) is 0 Å². The van der Waals surface area contributed by atoms with Crippen molar-refractivity contribution in [3.05, 3.63) is 47.3 Å². The molecule has 2 aromatic rings. The van der Waals surface area contributed by atoms with Gasteiger partial charge in [-0.15, -0.1) is 0 Å². The first-order valence-electron chi connectivity index (χ1n) is 5.07. The fourth-order valence-corrected chi connectivity index (χ4v) is 1.52. The van der Waals surface area contributed by atoms with E-state index in [9.17, 15) is 4.79 Å². The molecule has 2 heterocycles. The number of carbonyl (C=O) groups excluding carboxylic acids is 1. The number of carbonyl (C=O) groups is 1. The van der Waals surface area contributed by atoms with Crippen LogP contribution in [0.5, 0.6) is 0 Å². The van der Waals surface area contributed by atoms with Gasteiger partial charge in [0.2, 0.25) is 0 Å². The van der Waals surface area contributed by atoms with E-state index in [2.05, 4.69) is 9.97 Å². The zero-order chi connectivity index (χ0) is 11.5. The first kappa shape index (κ1) is 10.5. The minimum atomic E-state index is 0.622.